The van der Waals surface area contributed by atoms with Crippen LogP contribution >= 0.6 is 0 Å². The first-order chi connectivity index (χ1) is 9.08. The number of anilines is 1. The minimum Gasteiger partial charge on any atom is -0.478 e. The zero-order chi connectivity index (χ0) is 13.8. The Morgan fingerprint density at radius 3 is 2.68 bits per heavy atom. The molecule has 0 unspecified atom stereocenters. The van der Waals surface area contributed by atoms with E-state index in [9.17, 15) is 13.4 Å². The average Bonchev–Trinajstić information content (AvgIpc) is 2.38. The largest absolute Gasteiger partial charge is 0.478 e. The summed E-state index contributed by atoms with van der Waals surface area (Å²) in [6.07, 6.45) is 2.18. The van der Waals surface area contributed by atoms with Gasteiger partial charge in [0, 0.05) is 52.7 Å². The van der Waals surface area contributed by atoms with Crippen LogP contribution < -0.4 is 4.90 Å². The van der Waals surface area contributed by atoms with Crippen molar-refractivity contribution in [3.8, 4) is 0 Å². The fraction of sp³-hybridized carbons (Fsp3) is 0.308. The first-order valence-electron chi connectivity index (χ1n) is 5.87. The van der Waals surface area contributed by atoms with E-state index in [0.717, 1.165) is 6.08 Å². The van der Waals surface area contributed by atoms with Crippen LogP contribution in [0.2, 0.25) is 0 Å². The third-order valence-electron chi connectivity index (χ3n) is 2.94. The monoisotopic (exact) mass is 283 g/mol. The molecule has 4 nitrogen and oxygen atoms in total. The summed E-state index contributed by atoms with van der Waals surface area (Å²) >= 11 is 0. The third kappa shape index (κ3) is 3.41. The molecule has 6 heteroatoms. The molecule has 1 aromatic rings. The summed E-state index contributed by atoms with van der Waals surface area (Å²) in [7, 11) is -0.805. The van der Waals surface area contributed by atoms with Crippen LogP contribution in [0.15, 0.2) is 24.3 Å². The van der Waals surface area contributed by atoms with Gasteiger partial charge in [0.15, 0.2) is 0 Å². The van der Waals surface area contributed by atoms with E-state index < -0.39 is 22.6 Å². The molecule has 102 valence electrons. The Morgan fingerprint density at radius 2 is 2.05 bits per heavy atom. The molecule has 0 radical (unpaired) electrons. The Kier molecular flexibility index (Phi) is 4.31. The highest BCUT2D eigenvalue weighted by Gasteiger charge is 2.18. The quantitative estimate of drug-likeness (QED) is 0.854. The van der Waals surface area contributed by atoms with Gasteiger partial charge in [0.25, 0.3) is 0 Å². The first kappa shape index (κ1) is 13.7. The number of benzene rings is 1. The fourth-order valence-electron chi connectivity index (χ4n) is 2.00. The van der Waals surface area contributed by atoms with Crippen LogP contribution in [0.1, 0.15) is 5.56 Å². The molecule has 2 rings (SSSR count). The molecule has 1 saturated heterocycles. The van der Waals surface area contributed by atoms with E-state index in [4.69, 9.17) is 5.11 Å². The van der Waals surface area contributed by atoms with Gasteiger partial charge in [-0.15, -0.1) is 0 Å². The average molecular weight is 283 g/mol. The Balaban J connectivity index is 2.31. The molecule has 1 aliphatic heterocycles. The molecule has 19 heavy (non-hydrogen) atoms. The van der Waals surface area contributed by atoms with Gasteiger partial charge in [-0.05, 0) is 18.2 Å². The number of hydrogen-bond donors (Lipinski definition) is 1. The summed E-state index contributed by atoms with van der Waals surface area (Å²) in [5.74, 6) is -0.465. The molecule has 0 spiro atoms. The van der Waals surface area contributed by atoms with Crippen molar-refractivity contribution in [2.45, 2.75) is 0 Å². The van der Waals surface area contributed by atoms with Crippen LogP contribution in [-0.2, 0) is 15.6 Å². The van der Waals surface area contributed by atoms with Crippen molar-refractivity contribution >= 4 is 28.5 Å². The second kappa shape index (κ2) is 5.97. The lowest BCUT2D eigenvalue weighted by atomic mass is 10.1. The molecule has 0 saturated carbocycles. The molecule has 1 N–H and O–H groups in total. The van der Waals surface area contributed by atoms with Gasteiger partial charge < -0.3 is 10.0 Å². The van der Waals surface area contributed by atoms with Gasteiger partial charge in [-0.1, -0.05) is 6.07 Å². The maximum Gasteiger partial charge on any atom is 0.328 e. The lowest BCUT2D eigenvalue weighted by Crippen LogP contribution is -2.38. The van der Waals surface area contributed by atoms with Crippen molar-refractivity contribution in [3.05, 3.63) is 35.7 Å². The second-order valence-electron chi connectivity index (χ2n) is 4.18. The Hall–Kier alpha value is -1.69. The molecule has 1 heterocycles. The third-order valence-corrected chi connectivity index (χ3v) is 4.22. The van der Waals surface area contributed by atoms with Crippen LogP contribution in [0.25, 0.3) is 6.08 Å². The van der Waals surface area contributed by atoms with Gasteiger partial charge in [0.2, 0.25) is 0 Å². The van der Waals surface area contributed by atoms with Crippen molar-refractivity contribution in [3.63, 3.8) is 0 Å². The molecule has 1 fully saturated rings. The van der Waals surface area contributed by atoms with Crippen molar-refractivity contribution in [1.82, 2.24) is 0 Å². The summed E-state index contributed by atoms with van der Waals surface area (Å²) in [4.78, 5) is 12.5. The molecular weight excluding hydrogens is 269 g/mol. The molecule has 0 amide bonds. The molecule has 1 aliphatic rings. The normalized spacial score (nSPS) is 17.0. The Labute approximate surface area is 113 Å². The number of carboxylic acid groups (broad SMARTS) is 1. The highest BCUT2D eigenvalue weighted by Crippen LogP contribution is 2.25. The van der Waals surface area contributed by atoms with E-state index in [0.29, 0.717) is 30.3 Å². The van der Waals surface area contributed by atoms with Crippen molar-refractivity contribution in [2.75, 3.05) is 29.5 Å². The van der Waals surface area contributed by atoms with E-state index in [1.807, 2.05) is 4.90 Å². The molecular formula is C13H14FNO3S. The Bertz CT molecular complexity index is 535. The lowest BCUT2D eigenvalue weighted by Gasteiger charge is -2.29. The van der Waals surface area contributed by atoms with Crippen molar-refractivity contribution in [2.24, 2.45) is 0 Å². The summed E-state index contributed by atoms with van der Waals surface area (Å²) in [6, 6.07) is 4.64. The van der Waals surface area contributed by atoms with Crippen LogP contribution in [0.3, 0.4) is 0 Å². The highest BCUT2D eigenvalue weighted by atomic mass is 32.2. The standard InChI is InChI=1S/C13H14FNO3S/c14-11-2-1-3-12(10(11)4-5-13(16)17)15-6-8-19(18)9-7-15/h1-5H,6-9H2,(H,16,17)/b5-4+. The number of rotatable bonds is 3. The highest BCUT2D eigenvalue weighted by molar-refractivity contribution is 7.85. The molecule has 1 aromatic carbocycles. The molecule has 0 atom stereocenters. The maximum atomic E-state index is 13.8. The van der Waals surface area contributed by atoms with E-state index in [1.165, 1.54) is 12.1 Å². The molecule has 0 bridgehead atoms. The van der Waals surface area contributed by atoms with Gasteiger partial charge in [-0.2, -0.15) is 0 Å². The second-order valence-corrected chi connectivity index (χ2v) is 5.88. The van der Waals surface area contributed by atoms with Gasteiger partial charge in [-0.3, -0.25) is 4.21 Å². The maximum absolute atomic E-state index is 13.8. The van der Waals surface area contributed by atoms with Gasteiger partial charge in [0.1, 0.15) is 5.82 Å². The SMILES string of the molecule is O=C(O)/C=C/c1c(F)cccc1N1CCS(=O)CC1. The summed E-state index contributed by atoms with van der Waals surface area (Å²) in [5, 5.41) is 8.64. The molecule has 0 aromatic heterocycles. The Morgan fingerprint density at radius 1 is 1.37 bits per heavy atom. The zero-order valence-corrected chi connectivity index (χ0v) is 11.0. The smallest absolute Gasteiger partial charge is 0.328 e. The zero-order valence-electron chi connectivity index (χ0n) is 10.2. The summed E-state index contributed by atoms with van der Waals surface area (Å²) in [5.41, 5.74) is 0.909. The first-order valence-corrected chi connectivity index (χ1v) is 7.36. The van der Waals surface area contributed by atoms with Gasteiger partial charge >= 0.3 is 5.97 Å². The minimum absolute atomic E-state index is 0.262. The predicted molar refractivity (Wildman–Crippen MR) is 73.2 cm³/mol. The number of nitrogens with zero attached hydrogens (tertiary/aromatic N) is 1. The number of hydrogen-bond acceptors (Lipinski definition) is 3. The summed E-state index contributed by atoms with van der Waals surface area (Å²) in [6.45, 7) is 1.17. The van der Waals surface area contributed by atoms with E-state index in [2.05, 4.69) is 0 Å². The predicted octanol–water partition coefficient (Wildman–Crippen LogP) is 1.49. The fourth-order valence-corrected chi connectivity index (χ4v) is 3.05. The number of carboxylic acids is 1. The van der Waals surface area contributed by atoms with Crippen LogP contribution in [0.4, 0.5) is 10.1 Å². The topological polar surface area (TPSA) is 57.6 Å². The van der Waals surface area contributed by atoms with Crippen LogP contribution in [-0.4, -0.2) is 39.9 Å². The van der Waals surface area contributed by atoms with Crippen LogP contribution in [0, 0.1) is 5.82 Å². The van der Waals surface area contributed by atoms with E-state index in [-0.39, 0.29) is 5.56 Å². The summed E-state index contributed by atoms with van der Waals surface area (Å²) < 4.78 is 25.1. The van der Waals surface area contributed by atoms with Crippen LogP contribution in [0.5, 0.6) is 0 Å². The van der Waals surface area contributed by atoms with Gasteiger partial charge in [0.05, 0.1) is 0 Å². The number of aliphatic carboxylic acids is 1. The van der Waals surface area contributed by atoms with E-state index >= 15 is 0 Å². The van der Waals surface area contributed by atoms with Crippen molar-refractivity contribution in [1.29, 1.82) is 0 Å². The van der Waals surface area contributed by atoms with Crippen molar-refractivity contribution < 1.29 is 18.5 Å². The number of carbonyl (C=O) groups is 1. The molecule has 0 aliphatic carbocycles. The lowest BCUT2D eigenvalue weighted by molar-refractivity contribution is -0.131. The number of halogens is 1. The minimum atomic E-state index is -1.12. The van der Waals surface area contributed by atoms with E-state index in [1.54, 1.807) is 12.1 Å². The van der Waals surface area contributed by atoms with Gasteiger partial charge in [-0.25, -0.2) is 9.18 Å².